The summed E-state index contributed by atoms with van der Waals surface area (Å²) in [6, 6.07) is 18.3. The van der Waals surface area contributed by atoms with Crippen LogP contribution < -0.4 is 9.62 Å². The van der Waals surface area contributed by atoms with E-state index in [1.165, 1.54) is 17.0 Å². The van der Waals surface area contributed by atoms with Gasteiger partial charge in [-0.15, -0.1) is 0 Å². The second kappa shape index (κ2) is 14.0. The molecule has 9 heteroatoms. The van der Waals surface area contributed by atoms with E-state index in [1.807, 2.05) is 58.9 Å². The molecule has 0 saturated heterocycles. The largest absolute Gasteiger partial charge is 0.354 e. The molecule has 3 rings (SSSR count). The highest BCUT2D eigenvalue weighted by atomic mass is 35.5. The molecule has 0 fully saturated rings. The van der Waals surface area contributed by atoms with Crippen LogP contribution >= 0.6 is 11.6 Å². The van der Waals surface area contributed by atoms with Gasteiger partial charge in [0.25, 0.3) is 10.0 Å². The van der Waals surface area contributed by atoms with Crippen LogP contribution in [0.1, 0.15) is 49.4 Å². The van der Waals surface area contributed by atoms with Crippen LogP contribution in [-0.2, 0) is 26.2 Å². The van der Waals surface area contributed by atoms with Crippen LogP contribution in [0.5, 0.6) is 0 Å². The van der Waals surface area contributed by atoms with Gasteiger partial charge in [-0.25, -0.2) is 8.42 Å². The highest BCUT2D eigenvalue weighted by Gasteiger charge is 2.34. The lowest BCUT2D eigenvalue weighted by Crippen LogP contribution is -2.52. The number of hydrogen-bond donors (Lipinski definition) is 1. The van der Waals surface area contributed by atoms with E-state index in [0.717, 1.165) is 21.0 Å². The molecule has 0 spiro atoms. The minimum atomic E-state index is -4.17. The van der Waals surface area contributed by atoms with E-state index in [1.54, 1.807) is 37.3 Å². The summed E-state index contributed by atoms with van der Waals surface area (Å²) >= 11 is 6.31. The molecule has 0 unspecified atom stereocenters. The van der Waals surface area contributed by atoms with Gasteiger partial charge in [0.1, 0.15) is 12.6 Å². The maximum Gasteiger partial charge on any atom is 0.264 e. The van der Waals surface area contributed by atoms with Gasteiger partial charge in [-0.3, -0.25) is 13.9 Å². The van der Waals surface area contributed by atoms with Crippen LogP contribution in [0.3, 0.4) is 0 Å². The van der Waals surface area contributed by atoms with Gasteiger partial charge < -0.3 is 10.2 Å². The van der Waals surface area contributed by atoms with Gasteiger partial charge in [-0.1, -0.05) is 80.4 Å². The number of amides is 2. The molecule has 0 aliphatic carbocycles. The molecule has 3 aromatic rings. The van der Waals surface area contributed by atoms with E-state index in [9.17, 15) is 18.0 Å². The molecule has 0 aromatic heterocycles. The number of benzene rings is 3. The molecule has 7 nitrogen and oxygen atoms in total. The predicted molar refractivity (Wildman–Crippen MR) is 166 cm³/mol. The zero-order valence-corrected chi connectivity index (χ0v) is 26.2. The number of nitrogens with zero attached hydrogens (tertiary/aromatic N) is 2. The van der Waals surface area contributed by atoms with Crippen molar-refractivity contribution in [3.8, 4) is 0 Å². The molecular formula is C32H40ClN3O4S. The van der Waals surface area contributed by atoms with Gasteiger partial charge in [-0.05, 0) is 74.1 Å². The first-order valence-corrected chi connectivity index (χ1v) is 15.6. The Bertz CT molecular complexity index is 1470. The van der Waals surface area contributed by atoms with Crippen LogP contribution in [0, 0.1) is 26.7 Å². The molecule has 0 radical (unpaired) electrons. The van der Waals surface area contributed by atoms with Gasteiger partial charge in [-0.2, -0.15) is 0 Å². The Morgan fingerprint density at radius 2 is 1.59 bits per heavy atom. The average Bonchev–Trinajstić information content (AvgIpc) is 2.93. The quantitative estimate of drug-likeness (QED) is 0.276. The van der Waals surface area contributed by atoms with Crippen molar-refractivity contribution >= 4 is 39.1 Å². The minimum Gasteiger partial charge on any atom is -0.354 e. The second-order valence-electron chi connectivity index (χ2n) is 10.8. The third-order valence-electron chi connectivity index (χ3n) is 7.00. The Morgan fingerprint density at radius 3 is 2.20 bits per heavy atom. The number of sulfonamides is 1. The van der Waals surface area contributed by atoms with Crippen molar-refractivity contribution in [1.29, 1.82) is 0 Å². The molecular weight excluding hydrogens is 558 g/mol. The first kappa shape index (κ1) is 32.2. The third-order valence-corrected chi connectivity index (χ3v) is 9.01. The number of rotatable bonds is 12. The minimum absolute atomic E-state index is 0.0578. The summed E-state index contributed by atoms with van der Waals surface area (Å²) in [4.78, 5) is 29.1. The zero-order chi connectivity index (χ0) is 30.3. The Hall–Kier alpha value is -3.36. The number of anilines is 1. The molecule has 1 atom stereocenters. The molecule has 0 aliphatic heterocycles. The summed E-state index contributed by atoms with van der Waals surface area (Å²) in [5.41, 5.74) is 3.71. The lowest BCUT2D eigenvalue weighted by Gasteiger charge is -2.34. The fourth-order valence-electron chi connectivity index (χ4n) is 4.52. The Morgan fingerprint density at radius 1 is 0.927 bits per heavy atom. The van der Waals surface area contributed by atoms with E-state index in [0.29, 0.717) is 29.2 Å². The molecule has 220 valence electrons. The van der Waals surface area contributed by atoms with Gasteiger partial charge in [0, 0.05) is 18.1 Å². The number of halogens is 1. The third kappa shape index (κ3) is 8.11. The molecule has 3 aromatic carbocycles. The van der Waals surface area contributed by atoms with Crippen molar-refractivity contribution in [3.05, 3.63) is 94.0 Å². The number of nitrogens with one attached hydrogen (secondary N) is 1. The van der Waals surface area contributed by atoms with Crippen LogP contribution in [0.15, 0.2) is 71.6 Å². The smallest absolute Gasteiger partial charge is 0.264 e. The summed E-state index contributed by atoms with van der Waals surface area (Å²) in [5.74, 6) is -0.525. The number of hydrogen-bond acceptors (Lipinski definition) is 4. The molecule has 0 bridgehead atoms. The second-order valence-corrected chi connectivity index (χ2v) is 13.1. The van der Waals surface area contributed by atoms with Gasteiger partial charge in [0.05, 0.1) is 10.6 Å². The fraction of sp³-hybridized carbons (Fsp3) is 0.375. The average molecular weight is 598 g/mol. The molecule has 0 saturated carbocycles. The summed E-state index contributed by atoms with van der Waals surface area (Å²) < 4.78 is 29.2. The first-order chi connectivity index (χ1) is 19.3. The van der Waals surface area contributed by atoms with Gasteiger partial charge in [0.2, 0.25) is 11.8 Å². The summed E-state index contributed by atoms with van der Waals surface area (Å²) in [5, 5.41) is 3.30. The van der Waals surface area contributed by atoms with Gasteiger partial charge >= 0.3 is 0 Å². The van der Waals surface area contributed by atoms with E-state index in [-0.39, 0.29) is 23.3 Å². The fourth-order valence-corrected chi connectivity index (χ4v) is 6.15. The Kier molecular flexibility index (Phi) is 11.0. The molecule has 2 amide bonds. The van der Waals surface area contributed by atoms with Crippen LogP contribution in [0.2, 0.25) is 5.02 Å². The molecule has 1 N–H and O–H groups in total. The molecule has 0 heterocycles. The maximum absolute atomic E-state index is 14.2. The highest BCUT2D eigenvalue weighted by Crippen LogP contribution is 2.30. The van der Waals surface area contributed by atoms with Crippen molar-refractivity contribution in [2.45, 2.75) is 65.4 Å². The van der Waals surface area contributed by atoms with Crippen molar-refractivity contribution in [2.24, 2.45) is 5.92 Å². The lowest BCUT2D eigenvalue weighted by molar-refractivity contribution is -0.140. The number of carbonyl (C=O) groups is 2. The monoisotopic (exact) mass is 597 g/mol. The Balaban J connectivity index is 2.10. The SMILES string of the molecule is CC[C@H](C(=O)NCC(C)C)N(Cc1ccccc1C)C(=O)CN(c1cc(Cl)ccc1C)S(=O)(=O)c1ccc(C)cc1. The van der Waals surface area contributed by atoms with E-state index < -0.39 is 28.5 Å². The topological polar surface area (TPSA) is 86.8 Å². The maximum atomic E-state index is 14.2. The van der Waals surface area contributed by atoms with Crippen LogP contribution in [0.25, 0.3) is 0 Å². The zero-order valence-electron chi connectivity index (χ0n) is 24.6. The summed E-state index contributed by atoms with van der Waals surface area (Å²) in [6.45, 7) is 11.6. The van der Waals surface area contributed by atoms with Crippen LogP contribution in [0.4, 0.5) is 5.69 Å². The van der Waals surface area contributed by atoms with Crippen molar-refractivity contribution in [1.82, 2.24) is 10.2 Å². The van der Waals surface area contributed by atoms with Gasteiger partial charge in [0.15, 0.2) is 0 Å². The molecule has 41 heavy (non-hydrogen) atoms. The summed E-state index contributed by atoms with van der Waals surface area (Å²) in [6.07, 6.45) is 0.364. The first-order valence-electron chi connectivity index (χ1n) is 13.8. The Labute approximate surface area is 249 Å². The van der Waals surface area contributed by atoms with Crippen LogP contribution in [-0.4, -0.2) is 44.3 Å². The van der Waals surface area contributed by atoms with E-state index in [4.69, 9.17) is 11.6 Å². The summed E-state index contributed by atoms with van der Waals surface area (Å²) in [7, 11) is -4.17. The van der Waals surface area contributed by atoms with Crippen molar-refractivity contribution in [2.75, 3.05) is 17.4 Å². The molecule has 0 aliphatic rings. The highest BCUT2D eigenvalue weighted by molar-refractivity contribution is 7.92. The van der Waals surface area contributed by atoms with E-state index >= 15 is 0 Å². The standard InChI is InChI=1S/C32H40ClN3O4S/c1-7-29(32(38)34-19-22(2)3)35(20-26-11-9-8-10-24(26)5)31(37)21-36(30-18-27(33)15-14-25(30)6)41(39,40)28-16-12-23(4)13-17-28/h8-18,22,29H,7,19-21H2,1-6H3,(H,34,38)/t29-/m1/s1. The van der Waals surface area contributed by atoms with Crippen molar-refractivity contribution < 1.29 is 18.0 Å². The van der Waals surface area contributed by atoms with E-state index in [2.05, 4.69) is 5.32 Å². The normalized spacial score (nSPS) is 12.2. The predicted octanol–water partition coefficient (Wildman–Crippen LogP) is 6.04. The van der Waals surface area contributed by atoms with Crippen molar-refractivity contribution in [3.63, 3.8) is 0 Å². The lowest BCUT2D eigenvalue weighted by atomic mass is 10.1. The number of aryl methyl sites for hydroxylation is 3. The number of carbonyl (C=O) groups excluding carboxylic acids is 2.